The van der Waals surface area contributed by atoms with Crippen molar-refractivity contribution in [3.63, 3.8) is 0 Å². The number of hydrogen-bond acceptors (Lipinski definition) is 3. The fourth-order valence-corrected chi connectivity index (χ4v) is 2.69. The molecule has 1 N–H and O–H groups in total. The summed E-state index contributed by atoms with van der Waals surface area (Å²) in [7, 11) is 0. The van der Waals surface area contributed by atoms with Gasteiger partial charge in [0, 0.05) is 31.8 Å². The molecule has 1 aliphatic rings. The summed E-state index contributed by atoms with van der Waals surface area (Å²) < 4.78 is 46.8. The first-order valence-corrected chi connectivity index (χ1v) is 7.31. The lowest BCUT2D eigenvalue weighted by atomic mass is 10.0. The van der Waals surface area contributed by atoms with Crippen LogP contribution in [0.15, 0.2) is 0 Å². The maximum absolute atomic E-state index is 13.3. The van der Waals surface area contributed by atoms with Crippen LogP contribution in [-0.2, 0) is 23.9 Å². The third-order valence-corrected chi connectivity index (χ3v) is 3.77. The van der Waals surface area contributed by atoms with Crippen LogP contribution in [0.4, 0.5) is 13.2 Å². The van der Waals surface area contributed by atoms with Crippen LogP contribution in [-0.4, -0.2) is 29.3 Å². The molecule has 7 heteroatoms. The highest BCUT2D eigenvalue weighted by atomic mass is 19.4. The van der Waals surface area contributed by atoms with Gasteiger partial charge in [0.15, 0.2) is 0 Å². The van der Waals surface area contributed by atoms with E-state index in [1.165, 1.54) is 4.57 Å². The lowest BCUT2D eigenvalue weighted by molar-refractivity contribution is -0.149. The van der Waals surface area contributed by atoms with E-state index in [-0.39, 0.29) is 18.6 Å². The highest BCUT2D eigenvalue weighted by molar-refractivity contribution is 5.23. The van der Waals surface area contributed by atoms with Gasteiger partial charge in [-0.1, -0.05) is 13.8 Å². The number of nitrogens with one attached hydrogen (secondary N) is 1. The minimum Gasteiger partial charge on any atom is -0.380 e. The van der Waals surface area contributed by atoms with Gasteiger partial charge >= 0.3 is 6.18 Å². The first-order valence-electron chi connectivity index (χ1n) is 7.31. The van der Waals surface area contributed by atoms with Gasteiger partial charge in [-0.25, -0.2) is 4.98 Å². The summed E-state index contributed by atoms with van der Waals surface area (Å²) in [5, 5.41) is 3.07. The van der Waals surface area contributed by atoms with Crippen molar-refractivity contribution in [1.29, 1.82) is 0 Å². The molecule has 0 spiro atoms. The van der Waals surface area contributed by atoms with Gasteiger partial charge < -0.3 is 14.6 Å². The van der Waals surface area contributed by atoms with Crippen molar-refractivity contribution in [2.24, 2.45) is 5.92 Å². The Morgan fingerprint density at radius 2 is 2.10 bits per heavy atom. The van der Waals surface area contributed by atoms with Crippen molar-refractivity contribution in [3.8, 4) is 0 Å². The predicted octanol–water partition coefficient (Wildman–Crippen LogP) is 2.78. The van der Waals surface area contributed by atoms with E-state index in [0.717, 1.165) is 0 Å². The van der Waals surface area contributed by atoms with E-state index in [2.05, 4.69) is 10.3 Å². The second-order valence-electron chi connectivity index (χ2n) is 5.59. The van der Waals surface area contributed by atoms with Crippen molar-refractivity contribution in [1.82, 2.24) is 14.9 Å². The largest absolute Gasteiger partial charge is 0.449 e. The molecule has 1 unspecified atom stereocenters. The fourth-order valence-electron chi connectivity index (χ4n) is 2.69. The maximum atomic E-state index is 13.3. The van der Waals surface area contributed by atoms with Crippen molar-refractivity contribution in [3.05, 3.63) is 17.2 Å². The number of hydrogen-bond donors (Lipinski definition) is 1. The number of imidazole rings is 1. The first kappa shape index (κ1) is 16.3. The summed E-state index contributed by atoms with van der Waals surface area (Å²) in [5.74, 6) is -0.763. The summed E-state index contributed by atoms with van der Waals surface area (Å²) in [6.07, 6.45) is -3.88. The molecule has 0 amide bonds. The Labute approximate surface area is 122 Å². The highest BCUT2D eigenvalue weighted by Gasteiger charge is 2.41. The van der Waals surface area contributed by atoms with E-state index in [1.807, 2.05) is 20.8 Å². The molecule has 1 aliphatic heterocycles. The molecule has 120 valence electrons. The summed E-state index contributed by atoms with van der Waals surface area (Å²) in [4.78, 5) is 3.85. The zero-order chi connectivity index (χ0) is 15.6. The second-order valence-corrected chi connectivity index (χ2v) is 5.59. The number of halogens is 3. The topological polar surface area (TPSA) is 39.1 Å². The normalized spacial score (nSPS) is 17.1. The third kappa shape index (κ3) is 3.40. The van der Waals surface area contributed by atoms with E-state index in [4.69, 9.17) is 4.74 Å². The predicted molar refractivity (Wildman–Crippen MR) is 73.0 cm³/mol. The molecule has 0 radical (unpaired) electrons. The highest BCUT2D eigenvalue weighted by Crippen LogP contribution is 2.35. The standard InChI is InChI=1S/C14H22F3N3O/c1-4-21-8-12(9(2)3)20-11-5-6-18-7-10(11)19-13(20)14(15,16)17/h9,12,18H,4-8H2,1-3H3. The number of aromatic nitrogens is 2. The van der Waals surface area contributed by atoms with Crippen LogP contribution in [0.1, 0.15) is 44.0 Å². The van der Waals surface area contributed by atoms with E-state index in [0.29, 0.717) is 37.5 Å². The molecule has 0 fully saturated rings. The quantitative estimate of drug-likeness (QED) is 0.909. The lowest BCUT2D eigenvalue weighted by Gasteiger charge is -2.28. The Bertz CT molecular complexity index is 483. The fraction of sp³-hybridized carbons (Fsp3) is 0.786. The Hall–Kier alpha value is -1.08. The van der Waals surface area contributed by atoms with Crippen molar-refractivity contribution in [2.75, 3.05) is 19.8 Å². The number of fused-ring (bicyclic) bond motifs is 1. The molecular weight excluding hydrogens is 283 g/mol. The first-order chi connectivity index (χ1) is 9.86. The number of nitrogens with zero attached hydrogens (tertiary/aromatic N) is 2. The van der Waals surface area contributed by atoms with Gasteiger partial charge in [-0.2, -0.15) is 13.2 Å². The smallest absolute Gasteiger partial charge is 0.380 e. The van der Waals surface area contributed by atoms with Gasteiger partial charge in [0.25, 0.3) is 0 Å². The minimum absolute atomic E-state index is 0.0332. The SMILES string of the molecule is CCOCC(C(C)C)n1c(C(F)(F)F)nc2c1CCNC2. The average molecular weight is 305 g/mol. The molecule has 0 saturated heterocycles. The zero-order valence-corrected chi connectivity index (χ0v) is 12.6. The maximum Gasteiger partial charge on any atom is 0.449 e. The Morgan fingerprint density at radius 1 is 1.38 bits per heavy atom. The van der Waals surface area contributed by atoms with Crippen LogP contribution in [0.3, 0.4) is 0 Å². The summed E-state index contributed by atoms with van der Waals surface area (Å²) in [5.41, 5.74) is 1.20. The zero-order valence-electron chi connectivity index (χ0n) is 12.6. The molecule has 2 heterocycles. The molecule has 0 bridgehead atoms. The van der Waals surface area contributed by atoms with Gasteiger partial charge in [-0.3, -0.25) is 0 Å². The monoisotopic (exact) mass is 305 g/mol. The molecule has 0 aromatic carbocycles. The van der Waals surface area contributed by atoms with E-state index < -0.39 is 12.0 Å². The molecule has 1 aromatic rings. The van der Waals surface area contributed by atoms with E-state index >= 15 is 0 Å². The molecular formula is C14H22F3N3O. The lowest BCUT2D eigenvalue weighted by Crippen LogP contribution is -2.30. The van der Waals surface area contributed by atoms with Crippen LogP contribution in [0, 0.1) is 5.92 Å². The Morgan fingerprint density at radius 3 is 2.67 bits per heavy atom. The molecule has 0 aliphatic carbocycles. The van der Waals surface area contributed by atoms with Crippen LogP contribution in [0.5, 0.6) is 0 Å². The third-order valence-electron chi connectivity index (χ3n) is 3.77. The van der Waals surface area contributed by atoms with Crippen molar-refractivity contribution in [2.45, 2.75) is 46.0 Å². The van der Waals surface area contributed by atoms with Crippen LogP contribution >= 0.6 is 0 Å². The summed E-state index contributed by atoms with van der Waals surface area (Å²) in [6.45, 7) is 7.50. The average Bonchev–Trinajstić information content (AvgIpc) is 2.79. The summed E-state index contributed by atoms with van der Waals surface area (Å²) >= 11 is 0. The van der Waals surface area contributed by atoms with Crippen molar-refractivity contribution >= 4 is 0 Å². The molecule has 2 rings (SSSR count). The van der Waals surface area contributed by atoms with Gasteiger partial charge in [-0.05, 0) is 12.8 Å². The number of ether oxygens (including phenoxy) is 1. The minimum atomic E-state index is -4.45. The van der Waals surface area contributed by atoms with Crippen molar-refractivity contribution < 1.29 is 17.9 Å². The molecule has 4 nitrogen and oxygen atoms in total. The second kappa shape index (κ2) is 6.36. The Kier molecular flexibility index (Phi) is 4.93. The van der Waals surface area contributed by atoms with Crippen LogP contribution in [0.25, 0.3) is 0 Å². The van der Waals surface area contributed by atoms with Gasteiger partial charge in [0.05, 0.1) is 18.3 Å². The number of alkyl halides is 3. The van der Waals surface area contributed by atoms with Crippen LogP contribution < -0.4 is 5.32 Å². The number of rotatable bonds is 5. The van der Waals surface area contributed by atoms with Gasteiger partial charge in [-0.15, -0.1) is 0 Å². The molecule has 1 aromatic heterocycles. The molecule has 0 saturated carbocycles. The Balaban J connectivity index is 2.49. The van der Waals surface area contributed by atoms with E-state index in [9.17, 15) is 13.2 Å². The van der Waals surface area contributed by atoms with Crippen LogP contribution in [0.2, 0.25) is 0 Å². The van der Waals surface area contributed by atoms with Gasteiger partial charge in [0.2, 0.25) is 5.82 Å². The summed E-state index contributed by atoms with van der Waals surface area (Å²) in [6, 6.07) is -0.351. The van der Waals surface area contributed by atoms with Gasteiger partial charge in [0.1, 0.15) is 0 Å². The molecule has 21 heavy (non-hydrogen) atoms. The van der Waals surface area contributed by atoms with E-state index in [1.54, 1.807) is 0 Å². The molecule has 1 atom stereocenters.